The molecule has 18 heavy (non-hydrogen) atoms. The van der Waals surface area contributed by atoms with E-state index >= 15 is 0 Å². The highest BCUT2D eigenvalue weighted by molar-refractivity contribution is 7.89. The number of rotatable bonds is 6. The lowest BCUT2D eigenvalue weighted by Crippen LogP contribution is -2.32. The van der Waals surface area contributed by atoms with Gasteiger partial charge in [0, 0.05) is 24.7 Å². The summed E-state index contributed by atoms with van der Waals surface area (Å²) in [6.45, 7) is 2.23. The van der Waals surface area contributed by atoms with Crippen LogP contribution in [0.3, 0.4) is 0 Å². The lowest BCUT2D eigenvalue weighted by atomic mass is 10.4. The maximum absolute atomic E-state index is 12.3. The minimum absolute atomic E-state index is 0.00328. The number of hydrogen-bond acceptors (Lipinski definition) is 3. The number of aliphatic hydroxyl groups is 1. The van der Waals surface area contributed by atoms with Crippen molar-refractivity contribution in [3.05, 3.63) is 28.2 Å². The normalized spacial score (nSPS) is 12.1. The average Bonchev–Trinajstić information content (AvgIpc) is 2.33. The minimum Gasteiger partial charge on any atom is -0.396 e. The van der Waals surface area contributed by atoms with Crippen molar-refractivity contribution < 1.29 is 13.5 Å². The molecule has 1 aromatic rings. The van der Waals surface area contributed by atoms with Gasteiger partial charge >= 0.3 is 0 Å². The van der Waals surface area contributed by atoms with Crippen LogP contribution in [0.1, 0.15) is 13.3 Å². The Morgan fingerprint density at radius 1 is 1.33 bits per heavy atom. The summed E-state index contributed by atoms with van der Waals surface area (Å²) in [7, 11) is -3.67. The van der Waals surface area contributed by atoms with E-state index in [1.54, 1.807) is 6.92 Å². The highest BCUT2D eigenvalue weighted by Crippen LogP contribution is 2.27. The molecule has 0 unspecified atom stereocenters. The van der Waals surface area contributed by atoms with Gasteiger partial charge in [0.1, 0.15) is 4.90 Å². The Hall–Kier alpha value is -0.330. The molecule has 0 heterocycles. The molecule has 1 aromatic carbocycles. The fourth-order valence-corrected chi connectivity index (χ4v) is 3.73. The van der Waals surface area contributed by atoms with Gasteiger partial charge in [-0.15, -0.1) is 0 Å². The highest BCUT2D eigenvalue weighted by Gasteiger charge is 2.25. The molecule has 0 aliphatic carbocycles. The molecule has 0 aliphatic rings. The molecule has 102 valence electrons. The van der Waals surface area contributed by atoms with Gasteiger partial charge in [-0.3, -0.25) is 0 Å². The molecule has 1 N–H and O–H groups in total. The van der Waals surface area contributed by atoms with Gasteiger partial charge in [-0.2, -0.15) is 4.31 Å². The van der Waals surface area contributed by atoms with E-state index < -0.39 is 10.0 Å². The van der Waals surface area contributed by atoms with Crippen LogP contribution in [-0.4, -0.2) is 37.5 Å². The predicted molar refractivity (Wildman–Crippen MR) is 72.6 cm³/mol. The lowest BCUT2D eigenvalue weighted by Gasteiger charge is -2.20. The van der Waals surface area contributed by atoms with Gasteiger partial charge in [-0.1, -0.05) is 30.1 Å². The summed E-state index contributed by atoms with van der Waals surface area (Å²) < 4.78 is 26.0. The number of nitrogens with zero attached hydrogens (tertiary/aromatic N) is 1. The number of benzene rings is 1. The van der Waals surface area contributed by atoms with Gasteiger partial charge in [0.25, 0.3) is 0 Å². The van der Waals surface area contributed by atoms with Crippen LogP contribution in [-0.2, 0) is 10.0 Å². The van der Waals surface area contributed by atoms with Crippen LogP contribution in [0.4, 0.5) is 0 Å². The minimum atomic E-state index is -3.67. The van der Waals surface area contributed by atoms with E-state index in [2.05, 4.69) is 0 Å². The zero-order valence-electron chi connectivity index (χ0n) is 9.94. The van der Waals surface area contributed by atoms with E-state index in [-0.39, 0.29) is 23.1 Å². The van der Waals surface area contributed by atoms with Crippen molar-refractivity contribution in [2.75, 3.05) is 19.7 Å². The van der Waals surface area contributed by atoms with E-state index in [9.17, 15) is 8.42 Å². The Kier molecular flexibility index (Phi) is 5.88. The van der Waals surface area contributed by atoms with Crippen LogP contribution in [0, 0.1) is 0 Å². The molecule has 0 saturated carbocycles. The van der Waals surface area contributed by atoms with E-state index in [0.717, 1.165) is 0 Å². The summed E-state index contributed by atoms with van der Waals surface area (Å²) >= 11 is 11.7. The fourth-order valence-electron chi connectivity index (χ4n) is 1.51. The molecule has 4 nitrogen and oxygen atoms in total. The quantitative estimate of drug-likeness (QED) is 0.877. The summed E-state index contributed by atoms with van der Waals surface area (Å²) in [5.41, 5.74) is 0. The van der Waals surface area contributed by atoms with Gasteiger partial charge in [0.15, 0.2) is 0 Å². The van der Waals surface area contributed by atoms with Crippen molar-refractivity contribution in [3.8, 4) is 0 Å². The summed E-state index contributed by atoms with van der Waals surface area (Å²) in [4.78, 5) is -0.00328. The Labute approximate surface area is 117 Å². The molecule has 0 saturated heterocycles. The highest BCUT2D eigenvalue weighted by atomic mass is 35.5. The van der Waals surface area contributed by atoms with Crippen LogP contribution >= 0.6 is 23.2 Å². The van der Waals surface area contributed by atoms with Crippen LogP contribution in [0.25, 0.3) is 0 Å². The largest absolute Gasteiger partial charge is 0.396 e. The molecular formula is C11H15Cl2NO3S. The van der Waals surface area contributed by atoms with Gasteiger partial charge in [0.05, 0.1) is 5.02 Å². The van der Waals surface area contributed by atoms with Crippen molar-refractivity contribution in [2.45, 2.75) is 18.2 Å². The first-order valence-corrected chi connectivity index (χ1v) is 7.69. The van der Waals surface area contributed by atoms with Crippen LogP contribution < -0.4 is 0 Å². The predicted octanol–water partition coefficient (Wildman–Crippen LogP) is 2.39. The average molecular weight is 312 g/mol. The molecule has 0 radical (unpaired) electrons. The zero-order chi connectivity index (χ0) is 13.8. The van der Waals surface area contributed by atoms with Crippen molar-refractivity contribution in [3.63, 3.8) is 0 Å². The Morgan fingerprint density at radius 3 is 2.56 bits per heavy atom. The number of sulfonamides is 1. The van der Waals surface area contributed by atoms with Gasteiger partial charge in [0.2, 0.25) is 10.0 Å². The summed E-state index contributed by atoms with van der Waals surface area (Å²) in [5.74, 6) is 0. The summed E-state index contributed by atoms with van der Waals surface area (Å²) in [5, 5.41) is 9.23. The van der Waals surface area contributed by atoms with Crippen LogP contribution in [0.2, 0.25) is 10.0 Å². The van der Waals surface area contributed by atoms with Gasteiger partial charge in [-0.05, 0) is 24.6 Å². The third-order valence-electron chi connectivity index (χ3n) is 2.43. The number of hydrogen-bond donors (Lipinski definition) is 1. The van der Waals surface area contributed by atoms with Crippen LogP contribution in [0.5, 0.6) is 0 Å². The Morgan fingerprint density at radius 2 is 2.00 bits per heavy atom. The smallest absolute Gasteiger partial charge is 0.244 e. The molecule has 0 fully saturated rings. The second-order valence-electron chi connectivity index (χ2n) is 3.65. The molecule has 0 bridgehead atoms. The maximum Gasteiger partial charge on any atom is 0.244 e. The Bertz CT molecular complexity index is 505. The molecular weight excluding hydrogens is 297 g/mol. The molecule has 1 rings (SSSR count). The van der Waals surface area contributed by atoms with Crippen molar-refractivity contribution in [1.29, 1.82) is 0 Å². The second-order valence-corrected chi connectivity index (χ2v) is 6.40. The summed E-state index contributed by atoms with van der Waals surface area (Å²) in [6, 6.07) is 4.32. The van der Waals surface area contributed by atoms with Crippen molar-refractivity contribution >= 4 is 33.2 Å². The first kappa shape index (κ1) is 15.7. The van der Waals surface area contributed by atoms with E-state index in [4.69, 9.17) is 28.3 Å². The molecule has 0 aromatic heterocycles. The molecule has 0 aliphatic heterocycles. The van der Waals surface area contributed by atoms with E-state index in [1.165, 1.54) is 22.5 Å². The van der Waals surface area contributed by atoms with Crippen molar-refractivity contribution in [1.82, 2.24) is 4.31 Å². The SMILES string of the molecule is CCN(CCCO)S(=O)(=O)c1cc(Cl)ccc1Cl. The van der Waals surface area contributed by atoms with Gasteiger partial charge < -0.3 is 5.11 Å². The molecule has 0 atom stereocenters. The van der Waals surface area contributed by atoms with Crippen LogP contribution in [0.15, 0.2) is 23.1 Å². The van der Waals surface area contributed by atoms with Gasteiger partial charge in [-0.25, -0.2) is 8.42 Å². The zero-order valence-corrected chi connectivity index (χ0v) is 12.3. The fraction of sp³-hybridized carbons (Fsp3) is 0.455. The number of aliphatic hydroxyl groups excluding tert-OH is 1. The third kappa shape index (κ3) is 3.59. The maximum atomic E-state index is 12.3. The first-order chi connectivity index (χ1) is 8.43. The second kappa shape index (κ2) is 6.73. The molecule has 0 amide bonds. The first-order valence-electron chi connectivity index (χ1n) is 5.49. The monoisotopic (exact) mass is 311 g/mol. The molecule has 7 heteroatoms. The van der Waals surface area contributed by atoms with E-state index in [0.29, 0.717) is 18.0 Å². The molecule has 0 spiro atoms. The summed E-state index contributed by atoms with van der Waals surface area (Å²) in [6.07, 6.45) is 0.380. The lowest BCUT2D eigenvalue weighted by molar-refractivity contribution is 0.271. The number of halogens is 2. The third-order valence-corrected chi connectivity index (χ3v) is 5.12. The standard InChI is InChI=1S/C11H15Cl2NO3S/c1-2-14(6-3-7-15)18(16,17)11-8-9(12)4-5-10(11)13/h4-5,8,15H,2-3,6-7H2,1H3. The Balaban J connectivity index is 3.14. The van der Waals surface area contributed by atoms with Crippen molar-refractivity contribution in [2.24, 2.45) is 0 Å². The van der Waals surface area contributed by atoms with E-state index in [1.807, 2.05) is 0 Å². The topological polar surface area (TPSA) is 57.6 Å².